The molecule has 2 aromatic carbocycles. The predicted molar refractivity (Wildman–Crippen MR) is 118 cm³/mol. The number of benzene rings is 2. The molecule has 4 rings (SSSR count). The molecule has 4 aromatic rings. The molecule has 6 nitrogen and oxygen atoms in total. The maximum atomic E-state index is 12.5. The highest BCUT2D eigenvalue weighted by atomic mass is 32.1. The molecule has 0 aliphatic rings. The van der Waals surface area contributed by atoms with Gasteiger partial charge in [-0.15, -0.1) is 11.3 Å². The first kappa shape index (κ1) is 19.8. The second-order valence-electron chi connectivity index (χ2n) is 6.81. The number of amides is 1. The molecule has 152 valence electrons. The van der Waals surface area contributed by atoms with Crippen molar-refractivity contribution < 1.29 is 14.3 Å². The molecule has 2 heterocycles. The van der Waals surface area contributed by atoms with Gasteiger partial charge in [0.1, 0.15) is 0 Å². The van der Waals surface area contributed by atoms with E-state index in [-0.39, 0.29) is 18.3 Å². The van der Waals surface area contributed by atoms with E-state index in [1.165, 1.54) is 11.3 Å². The highest BCUT2D eigenvalue weighted by molar-refractivity contribution is 7.15. The Bertz CT molecular complexity index is 1160. The summed E-state index contributed by atoms with van der Waals surface area (Å²) in [6, 6.07) is 16.7. The number of rotatable bonds is 7. The van der Waals surface area contributed by atoms with Gasteiger partial charge in [-0.3, -0.25) is 9.20 Å². The molecule has 0 aliphatic carbocycles. The summed E-state index contributed by atoms with van der Waals surface area (Å²) >= 11 is 1.51. The quantitative estimate of drug-likeness (QED) is 0.436. The van der Waals surface area contributed by atoms with Gasteiger partial charge < -0.3 is 10.1 Å². The number of anilines is 1. The molecule has 2 aromatic heterocycles. The zero-order valence-electron chi connectivity index (χ0n) is 16.5. The van der Waals surface area contributed by atoms with Crippen LogP contribution in [0, 0.1) is 0 Å². The second-order valence-corrected chi connectivity index (χ2v) is 7.65. The fraction of sp³-hybridized carbons (Fsp3) is 0.174. The van der Waals surface area contributed by atoms with Crippen molar-refractivity contribution in [1.82, 2.24) is 9.38 Å². The number of hydrogen-bond donors (Lipinski definition) is 1. The number of carbonyl (C=O) groups excluding carboxylic acids is 2. The van der Waals surface area contributed by atoms with E-state index in [9.17, 15) is 9.59 Å². The van der Waals surface area contributed by atoms with Crippen molar-refractivity contribution >= 4 is 33.9 Å². The minimum atomic E-state index is -0.357. The van der Waals surface area contributed by atoms with Gasteiger partial charge in [-0.1, -0.05) is 37.3 Å². The Labute approximate surface area is 178 Å². The maximum Gasteiger partial charge on any atom is 0.338 e. The lowest BCUT2D eigenvalue weighted by atomic mass is 10.2. The Morgan fingerprint density at radius 2 is 1.87 bits per heavy atom. The average Bonchev–Trinajstić information content (AvgIpc) is 3.35. The van der Waals surface area contributed by atoms with Gasteiger partial charge >= 0.3 is 5.97 Å². The summed E-state index contributed by atoms with van der Waals surface area (Å²) in [6.45, 7) is 2.34. The molecule has 0 radical (unpaired) electrons. The first-order valence-electron chi connectivity index (χ1n) is 9.72. The van der Waals surface area contributed by atoms with E-state index in [2.05, 4.69) is 10.3 Å². The third-order valence-corrected chi connectivity index (χ3v) is 5.42. The van der Waals surface area contributed by atoms with E-state index < -0.39 is 0 Å². The number of esters is 1. The van der Waals surface area contributed by atoms with Gasteiger partial charge in [-0.2, -0.15) is 0 Å². The SMILES string of the molecule is CCCOC(=O)c1ccc(NC(=O)Cc2csc3nc(-c4ccccc4)cn23)cc1. The molecule has 0 aliphatic heterocycles. The molecular weight excluding hydrogens is 398 g/mol. The third-order valence-electron chi connectivity index (χ3n) is 4.54. The Kier molecular flexibility index (Phi) is 5.90. The van der Waals surface area contributed by atoms with Gasteiger partial charge in [-0.25, -0.2) is 9.78 Å². The molecule has 0 spiro atoms. The number of aromatic nitrogens is 2. The van der Waals surface area contributed by atoms with Gasteiger partial charge in [0.25, 0.3) is 0 Å². The molecule has 1 amide bonds. The zero-order valence-corrected chi connectivity index (χ0v) is 17.3. The number of thiazole rings is 1. The van der Waals surface area contributed by atoms with Gasteiger partial charge in [0.15, 0.2) is 4.96 Å². The first-order valence-corrected chi connectivity index (χ1v) is 10.6. The van der Waals surface area contributed by atoms with E-state index in [0.29, 0.717) is 17.9 Å². The summed E-state index contributed by atoms with van der Waals surface area (Å²) in [5.41, 5.74) is 3.90. The number of carbonyl (C=O) groups is 2. The molecule has 0 saturated heterocycles. The standard InChI is InChI=1S/C23H21N3O3S/c1-2-12-29-22(28)17-8-10-18(11-9-17)24-21(27)13-19-15-30-23-25-20(14-26(19)23)16-6-4-3-5-7-16/h3-11,14-15H,2,12-13H2,1H3,(H,24,27). The molecule has 0 atom stereocenters. The van der Waals surface area contributed by atoms with E-state index in [1.807, 2.05) is 53.2 Å². The van der Waals surface area contributed by atoms with E-state index in [1.54, 1.807) is 24.3 Å². The van der Waals surface area contributed by atoms with Crippen LogP contribution in [0.3, 0.4) is 0 Å². The molecule has 0 fully saturated rings. The number of hydrogen-bond acceptors (Lipinski definition) is 5. The van der Waals surface area contributed by atoms with Crippen LogP contribution in [0.15, 0.2) is 66.2 Å². The summed E-state index contributed by atoms with van der Waals surface area (Å²) in [6.07, 6.45) is 2.96. The Morgan fingerprint density at radius 1 is 1.10 bits per heavy atom. The van der Waals surface area contributed by atoms with Crippen molar-refractivity contribution in [3.05, 3.63) is 77.4 Å². The lowest BCUT2D eigenvalue weighted by Crippen LogP contribution is -2.15. The van der Waals surface area contributed by atoms with Crippen LogP contribution in [0.25, 0.3) is 16.2 Å². The van der Waals surface area contributed by atoms with Crippen LogP contribution >= 0.6 is 11.3 Å². The summed E-state index contributed by atoms with van der Waals surface area (Å²) in [4.78, 5) is 29.9. The molecule has 1 N–H and O–H groups in total. The highest BCUT2D eigenvalue weighted by Crippen LogP contribution is 2.24. The van der Waals surface area contributed by atoms with Crippen LogP contribution in [-0.4, -0.2) is 27.9 Å². The smallest absolute Gasteiger partial charge is 0.338 e. The topological polar surface area (TPSA) is 72.7 Å². The molecule has 7 heteroatoms. The van der Waals surface area contributed by atoms with Crippen LogP contribution < -0.4 is 5.32 Å². The number of nitrogens with one attached hydrogen (secondary N) is 1. The monoisotopic (exact) mass is 419 g/mol. The fourth-order valence-corrected chi connectivity index (χ4v) is 3.91. The number of imidazole rings is 1. The van der Waals surface area contributed by atoms with Gasteiger partial charge in [-0.05, 0) is 30.7 Å². The average molecular weight is 420 g/mol. The third kappa shape index (κ3) is 4.41. The van der Waals surface area contributed by atoms with Crippen molar-refractivity contribution in [3.8, 4) is 11.3 Å². The van der Waals surface area contributed by atoms with Crippen LogP contribution in [0.4, 0.5) is 5.69 Å². The van der Waals surface area contributed by atoms with Crippen LogP contribution in [0.1, 0.15) is 29.4 Å². The highest BCUT2D eigenvalue weighted by Gasteiger charge is 2.13. The number of ether oxygens (including phenoxy) is 1. The largest absolute Gasteiger partial charge is 0.462 e. The van der Waals surface area contributed by atoms with Crippen molar-refractivity contribution in [3.63, 3.8) is 0 Å². The van der Waals surface area contributed by atoms with Crippen molar-refractivity contribution in [2.24, 2.45) is 0 Å². The van der Waals surface area contributed by atoms with E-state index in [4.69, 9.17) is 4.74 Å². The lowest BCUT2D eigenvalue weighted by Gasteiger charge is -2.07. The van der Waals surface area contributed by atoms with Crippen LogP contribution in [-0.2, 0) is 16.0 Å². The fourth-order valence-electron chi connectivity index (χ4n) is 3.04. The van der Waals surface area contributed by atoms with Crippen molar-refractivity contribution in [2.75, 3.05) is 11.9 Å². The van der Waals surface area contributed by atoms with E-state index >= 15 is 0 Å². The summed E-state index contributed by atoms with van der Waals surface area (Å²) in [7, 11) is 0. The molecule has 30 heavy (non-hydrogen) atoms. The maximum absolute atomic E-state index is 12.5. The predicted octanol–water partition coefficient (Wildman–Crippen LogP) is 4.81. The van der Waals surface area contributed by atoms with Crippen molar-refractivity contribution in [2.45, 2.75) is 19.8 Å². The second kappa shape index (κ2) is 8.92. The molecule has 0 saturated carbocycles. The molecular formula is C23H21N3O3S. The summed E-state index contributed by atoms with van der Waals surface area (Å²) in [5, 5.41) is 4.82. The minimum absolute atomic E-state index is 0.133. The van der Waals surface area contributed by atoms with Gasteiger partial charge in [0.05, 0.1) is 24.3 Å². The Balaban J connectivity index is 1.42. The zero-order chi connectivity index (χ0) is 20.9. The van der Waals surface area contributed by atoms with Gasteiger partial charge in [0.2, 0.25) is 5.91 Å². The van der Waals surface area contributed by atoms with Crippen molar-refractivity contribution in [1.29, 1.82) is 0 Å². The molecule has 0 unspecified atom stereocenters. The van der Waals surface area contributed by atoms with Crippen LogP contribution in [0.2, 0.25) is 0 Å². The lowest BCUT2D eigenvalue weighted by molar-refractivity contribution is -0.115. The summed E-state index contributed by atoms with van der Waals surface area (Å²) < 4.78 is 7.07. The van der Waals surface area contributed by atoms with Gasteiger partial charge in [0, 0.05) is 28.5 Å². The van der Waals surface area contributed by atoms with E-state index in [0.717, 1.165) is 28.3 Å². The minimum Gasteiger partial charge on any atom is -0.462 e. The Hall–Kier alpha value is -3.45. The number of nitrogens with zero attached hydrogens (tertiary/aromatic N) is 2. The number of fused-ring (bicyclic) bond motifs is 1. The first-order chi connectivity index (χ1) is 14.6. The Morgan fingerprint density at radius 3 is 2.60 bits per heavy atom. The van der Waals surface area contributed by atoms with Crippen LogP contribution in [0.5, 0.6) is 0 Å². The summed E-state index contributed by atoms with van der Waals surface area (Å²) in [5.74, 6) is -0.490. The normalized spacial score (nSPS) is 10.8. The molecule has 0 bridgehead atoms.